The first-order chi connectivity index (χ1) is 9.22. The summed E-state index contributed by atoms with van der Waals surface area (Å²) in [5.74, 6) is 0.204. The minimum atomic E-state index is 0.204. The van der Waals surface area contributed by atoms with Gasteiger partial charge in [0.1, 0.15) is 5.75 Å². The Morgan fingerprint density at radius 1 is 1.21 bits per heavy atom. The fourth-order valence-electron chi connectivity index (χ4n) is 1.66. The lowest BCUT2D eigenvalue weighted by Crippen LogP contribution is -1.80. The number of fused-ring (bicyclic) bond motifs is 1. The zero-order chi connectivity index (χ0) is 13.2. The number of aromatic nitrogens is 1. The summed E-state index contributed by atoms with van der Waals surface area (Å²) in [6.07, 6.45) is 1.61. The van der Waals surface area contributed by atoms with E-state index in [1.165, 1.54) is 11.3 Å². The van der Waals surface area contributed by atoms with Crippen molar-refractivity contribution in [3.05, 3.63) is 53.1 Å². The molecule has 0 atom stereocenters. The number of phenols is 1. The van der Waals surface area contributed by atoms with Gasteiger partial charge in [-0.2, -0.15) is 0 Å². The second-order valence-corrected chi connectivity index (χ2v) is 5.37. The maximum Gasteiger partial charge on any atom is 0.210 e. The van der Waals surface area contributed by atoms with Crippen LogP contribution in [0.25, 0.3) is 10.2 Å². The van der Waals surface area contributed by atoms with Gasteiger partial charge in [-0.3, -0.25) is 0 Å². The van der Waals surface area contributed by atoms with E-state index in [1.54, 1.807) is 30.5 Å². The number of hydrogen-bond donors (Lipinski definition) is 1. The van der Waals surface area contributed by atoms with E-state index in [2.05, 4.69) is 9.98 Å². The smallest absolute Gasteiger partial charge is 0.210 e. The third kappa shape index (κ3) is 2.59. The largest absolute Gasteiger partial charge is 0.507 e. The maximum atomic E-state index is 9.64. The molecule has 94 valence electrons. The van der Waals surface area contributed by atoms with E-state index in [-0.39, 0.29) is 5.75 Å². The predicted molar refractivity (Wildman–Crippen MR) is 80.0 cm³/mol. The van der Waals surface area contributed by atoms with Crippen LogP contribution in [-0.2, 0) is 0 Å². The standard InChI is InChI=1S/C14H9ClN2OS/c15-10-5-6-11-13(7-10)19-14(17-11)16-8-9-3-1-2-4-12(9)18/h1-8,18H. The number of aliphatic imine (C=N–C) groups is 1. The van der Waals surface area contributed by atoms with Gasteiger partial charge in [0.05, 0.1) is 10.2 Å². The first-order valence-electron chi connectivity index (χ1n) is 5.60. The molecule has 0 radical (unpaired) electrons. The van der Waals surface area contributed by atoms with Gasteiger partial charge in [-0.1, -0.05) is 35.1 Å². The van der Waals surface area contributed by atoms with Crippen LogP contribution in [0, 0.1) is 0 Å². The minimum Gasteiger partial charge on any atom is -0.507 e. The summed E-state index contributed by atoms with van der Waals surface area (Å²) in [6, 6.07) is 12.6. The van der Waals surface area contributed by atoms with Gasteiger partial charge in [-0.25, -0.2) is 9.98 Å². The fraction of sp³-hybridized carbons (Fsp3) is 0. The van der Waals surface area contributed by atoms with Crippen molar-refractivity contribution < 1.29 is 5.11 Å². The van der Waals surface area contributed by atoms with E-state index in [9.17, 15) is 5.11 Å². The van der Waals surface area contributed by atoms with Gasteiger partial charge in [0.2, 0.25) is 5.13 Å². The summed E-state index contributed by atoms with van der Waals surface area (Å²) in [5.41, 5.74) is 1.54. The molecule has 0 aliphatic carbocycles. The molecule has 0 amide bonds. The van der Waals surface area contributed by atoms with Gasteiger partial charge in [-0.05, 0) is 30.3 Å². The normalized spacial score (nSPS) is 11.4. The molecule has 0 saturated heterocycles. The summed E-state index contributed by atoms with van der Waals surface area (Å²) in [6.45, 7) is 0. The Morgan fingerprint density at radius 3 is 2.89 bits per heavy atom. The second-order valence-electron chi connectivity index (χ2n) is 3.93. The van der Waals surface area contributed by atoms with Crippen LogP contribution >= 0.6 is 22.9 Å². The van der Waals surface area contributed by atoms with Crippen LogP contribution in [0.5, 0.6) is 5.75 Å². The van der Waals surface area contributed by atoms with Gasteiger partial charge < -0.3 is 5.11 Å². The van der Waals surface area contributed by atoms with E-state index < -0.39 is 0 Å². The summed E-state index contributed by atoms with van der Waals surface area (Å²) in [7, 11) is 0. The molecule has 1 heterocycles. The predicted octanol–water partition coefficient (Wildman–Crippen LogP) is 4.41. The Hall–Kier alpha value is -1.91. The molecule has 0 fully saturated rings. The third-order valence-electron chi connectivity index (χ3n) is 2.59. The van der Waals surface area contributed by atoms with Crippen molar-refractivity contribution in [2.24, 2.45) is 4.99 Å². The first kappa shape index (κ1) is 12.1. The topological polar surface area (TPSA) is 45.5 Å². The fourth-order valence-corrected chi connectivity index (χ4v) is 2.75. The number of rotatable bonds is 2. The van der Waals surface area contributed by atoms with Gasteiger partial charge in [0.25, 0.3) is 0 Å². The van der Waals surface area contributed by atoms with Crippen molar-refractivity contribution in [3.63, 3.8) is 0 Å². The lowest BCUT2D eigenvalue weighted by Gasteiger charge is -1.95. The zero-order valence-electron chi connectivity index (χ0n) is 9.75. The van der Waals surface area contributed by atoms with Crippen molar-refractivity contribution >= 4 is 44.5 Å². The van der Waals surface area contributed by atoms with Crippen LogP contribution in [0.1, 0.15) is 5.56 Å². The molecule has 3 aromatic rings. The molecule has 0 bridgehead atoms. The zero-order valence-corrected chi connectivity index (χ0v) is 11.3. The van der Waals surface area contributed by atoms with Crippen molar-refractivity contribution in [2.75, 3.05) is 0 Å². The number of para-hydroxylation sites is 1. The molecule has 0 unspecified atom stereocenters. The Balaban J connectivity index is 1.95. The molecule has 3 rings (SSSR count). The number of thiazole rings is 1. The molecule has 2 aromatic carbocycles. The Kier molecular flexibility index (Phi) is 3.19. The highest BCUT2D eigenvalue weighted by Gasteiger charge is 2.03. The molecule has 19 heavy (non-hydrogen) atoms. The van der Waals surface area contributed by atoms with Gasteiger partial charge in [0.15, 0.2) is 0 Å². The van der Waals surface area contributed by atoms with Crippen molar-refractivity contribution in [3.8, 4) is 5.75 Å². The van der Waals surface area contributed by atoms with Gasteiger partial charge in [-0.15, -0.1) is 0 Å². The molecule has 1 aromatic heterocycles. The van der Waals surface area contributed by atoms with Gasteiger partial charge >= 0.3 is 0 Å². The quantitative estimate of drug-likeness (QED) is 0.710. The summed E-state index contributed by atoms with van der Waals surface area (Å²) in [4.78, 5) is 8.66. The summed E-state index contributed by atoms with van der Waals surface area (Å²) < 4.78 is 0.997. The number of aromatic hydroxyl groups is 1. The number of benzene rings is 2. The number of phenolic OH excluding ortho intramolecular Hbond substituents is 1. The van der Waals surface area contributed by atoms with Crippen LogP contribution in [0.2, 0.25) is 5.02 Å². The molecule has 0 aliphatic heterocycles. The Labute approximate surface area is 118 Å². The Morgan fingerprint density at radius 2 is 2.05 bits per heavy atom. The SMILES string of the molecule is Oc1ccccc1C=Nc1nc2ccc(Cl)cc2s1. The van der Waals surface area contributed by atoms with E-state index >= 15 is 0 Å². The van der Waals surface area contributed by atoms with Crippen molar-refractivity contribution in [1.29, 1.82) is 0 Å². The number of halogens is 1. The van der Waals surface area contributed by atoms with Crippen LogP contribution in [0.15, 0.2) is 47.5 Å². The average molecular weight is 289 g/mol. The minimum absolute atomic E-state index is 0.204. The molecule has 0 aliphatic rings. The third-order valence-corrected chi connectivity index (χ3v) is 3.75. The van der Waals surface area contributed by atoms with Crippen LogP contribution in [0.4, 0.5) is 5.13 Å². The highest BCUT2D eigenvalue weighted by molar-refractivity contribution is 7.22. The maximum absolute atomic E-state index is 9.64. The lowest BCUT2D eigenvalue weighted by atomic mass is 10.2. The highest BCUT2D eigenvalue weighted by atomic mass is 35.5. The summed E-state index contributed by atoms with van der Waals surface area (Å²) >= 11 is 7.39. The molecule has 0 spiro atoms. The van der Waals surface area contributed by atoms with E-state index in [0.717, 1.165) is 10.2 Å². The van der Waals surface area contributed by atoms with Crippen LogP contribution < -0.4 is 0 Å². The first-order valence-corrected chi connectivity index (χ1v) is 6.80. The Bertz CT molecular complexity index is 767. The number of nitrogens with zero attached hydrogens (tertiary/aromatic N) is 2. The summed E-state index contributed by atoms with van der Waals surface area (Å²) in [5, 5.41) is 11.0. The van der Waals surface area contributed by atoms with E-state index in [0.29, 0.717) is 15.7 Å². The molecule has 0 saturated carbocycles. The number of hydrogen-bond acceptors (Lipinski definition) is 4. The van der Waals surface area contributed by atoms with Gasteiger partial charge in [0, 0.05) is 16.8 Å². The van der Waals surface area contributed by atoms with E-state index in [4.69, 9.17) is 11.6 Å². The van der Waals surface area contributed by atoms with Crippen molar-refractivity contribution in [2.45, 2.75) is 0 Å². The average Bonchev–Trinajstić information content (AvgIpc) is 2.79. The second kappa shape index (κ2) is 4.99. The molecule has 1 N–H and O–H groups in total. The molecule has 5 heteroatoms. The monoisotopic (exact) mass is 288 g/mol. The van der Waals surface area contributed by atoms with Crippen LogP contribution in [-0.4, -0.2) is 16.3 Å². The highest BCUT2D eigenvalue weighted by Crippen LogP contribution is 2.30. The van der Waals surface area contributed by atoms with E-state index in [1.807, 2.05) is 18.2 Å². The lowest BCUT2D eigenvalue weighted by molar-refractivity contribution is 0.474. The molecular weight excluding hydrogens is 280 g/mol. The molecule has 3 nitrogen and oxygen atoms in total. The van der Waals surface area contributed by atoms with Crippen LogP contribution in [0.3, 0.4) is 0 Å². The molecular formula is C14H9ClN2OS. The van der Waals surface area contributed by atoms with Crippen molar-refractivity contribution in [1.82, 2.24) is 4.98 Å².